The third-order valence-electron chi connectivity index (χ3n) is 1.47. The van der Waals surface area contributed by atoms with Gasteiger partial charge in [0.2, 0.25) is 0 Å². The average Bonchev–Trinajstić information content (AvgIpc) is 2.08. The molecule has 76 valence electrons. The average molecular weight is 235 g/mol. The van der Waals surface area contributed by atoms with Crippen molar-refractivity contribution in [3.63, 3.8) is 0 Å². The molecule has 6 heteroatoms. The minimum atomic E-state index is -0.810. The van der Waals surface area contributed by atoms with Gasteiger partial charge in [0.25, 0.3) is 0 Å². The summed E-state index contributed by atoms with van der Waals surface area (Å²) in [6.45, 7) is 0.156. The summed E-state index contributed by atoms with van der Waals surface area (Å²) in [6.07, 6.45) is 1.08. The first-order valence-electron chi connectivity index (χ1n) is 3.81. The molecule has 14 heavy (non-hydrogen) atoms. The van der Waals surface area contributed by atoms with Crippen LogP contribution in [-0.4, -0.2) is 17.7 Å². The van der Waals surface area contributed by atoms with E-state index in [-0.39, 0.29) is 6.61 Å². The van der Waals surface area contributed by atoms with Gasteiger partial charge in [0.15, 0.2) is 0 Å². The SMILES string of the molecule is NC(=O)OCCc1ncc(Cl)cc1Cl. The van der Waals surface area contributed by atoms with Crippen molar-refractivity contribution in [1.82, 2.24) is 4.98 Å². The van der Waals surface area contributed by atoms with Crippen LogP contribution in [0.15, 0.2) is 12.3 Å². The van der Waals surface area contributed by atoms with E-state index in [0.29, 0.717) is 22.2 Å². The Morgan fingerprint density at radius 3 is 2.86 bits per heavy atom. The number of rotatable bonds is 3. The van der Waals surface area contributed by atoms with Gasteiger partial charge in [-0.2, -0.15) is 0 Å². The van der Waals surface area contributed by atoms with Crippen molar-refractivity contribution < 1.29 is 9.53 Å². The Morgan fingerprint density at radius 1 is 1.57 bits per heavy atom. The minimum Gasteiger partial charge on any atom is -0.449 e. The summed E-state index contributed by atoms with van der Waals surface area (Å²) in [7, 11) is 0. The molecule has 0 radical (unpaired) electrons. The normalized spacial score (nSPS) is 9.86. The minimum absolute atomic E-state index is 0.156. The molecule has 0 spiro atoms. The standard InChI is InChI=1S/C8H8Cl2N2O2/c9-5-3-6(10)7(12-4-5)1-2-14-8(11)13/h3-4H,1-2H2,(H2,11,13). The lowest BCUT2D eigenvalue weighted by atomic mass is 10.3. The maximum atomic E-state index is 10.3. The Kier molecular flexibility index (Phi) is 3.98. The van der Waals surface area contributed by atoms with E-state index in [9.17, 15) is 4.79 Å². The molecular formula is C8H8Cl2N2O2. The van der Waals surface area contributed by atoms with Gasteiger partial charge in [-0.15, -0.1) is 0 Å². The van der Waals surface area contributed by atoms with Crippen LogP contribution in [0, 0.1) is 0 Å². The van der Waals surface area contributed by atoms with Crippen molar-refractivity contribution in [3.05, 3.63) is 28.0 Å². The molecule has 0 aliphatic rings. The van der Waals surface area contributed by atoms with Crippen LogP contribution >= 0.6 is 23.2 Å². The lowest BCUT2D eigenvalue weighted by molar-refractivity contribution is 0.158. The van der Waals surface area contributed by atoms with Gasteiger partial charge in [-0.05, 0) is 6.07 Å². The number of amides is 1. The van der Waals surface area contributed by atoms with Gasteiger partial charge in [-0.1, -0.05) is 23.2 Å². The first kappa shape index (κ1) is 11.1. The van der Waals surface area contributed by atoms with Gasteiger partial charge in [0.1, 0.15) is 0 Å². The number of primary amides is 1. The molecule has 0 unspecified atom stereocenters. The van der Waals surface area contributed by atoms with E-state index in [2.05, 4.69) is 9.72 Å². The highest BCUT2D eigenvalue weighted by Crippen LogP contribution is 2.18. The van der Waals surface area contributed by atoms with E-state index in [1.54, 1.807) is 6.07 Å². The lowest BCUT2D eigenvalue weighted by Crippen LogP contribution is -2.15. The fourth-order valence-corrected chi connectivity index (χ4v) is 1.35. The Bertz CT molecular complexity index is 344. The fourth-order valence-electron chi connectivity index (χ4n) is 0.875. The number of nitrogens with zero attached hydrogens (tertiary/aromatic N) is 1. The van der Waals surface area contributed by atoms with Gasteiger partial charge >= 0.3 is 6.09 Å². The topological polar surface area (TPSA) is 65.2 Å². The molecule has 1 heterocycles. The lowest BCUT2D eigenvalue weighted by Gasteiger charge is -2.03. The summed E-state index contributed by atoms with van der Waals surface area (Å²) in [5.74, 6) is 0. The monoisotopic (exact) mass is 234 g/mol. The van der Waals surface area contributed by atoms with Crippen LogP contribution in [0.3, 0.4) is 0 Å². The molecule has 0 fully saturated rings. The van der Waals surface area contributed by atoms with E-state index < -0.39 is 6.09 Å². The third-order valence-corrected chi connectivity index (χ3v) is 2.00. The quantitative estimate of drug-likeness (QED) is 0.871. The zero-order valence-electron chi connectivity index (χ0n) is 7.17. The van der Waals surface area contributed by atoms with Gasteiger partial charge < -0.3 is 10.5 Å². The largest absolute Gasteiger partial charge is 0.449 e. The predicted molar refractivity (Wildman–Crippen MR) is 53.5 cm³/mol. The van der Waals surface area contributed by atoms with Crippen LogP contribution in [-0.2, 0) is 11.2 Å². The highest BCUT2D eigenvalue weighted by Gasteiger charge is 2.03. The summed E-state index contributed by atoms with van der Waals surface area (Å²) in [6, 6.07) is 1.58. The molecule has 4 nitrogen and oxygen atoms in total. The molecule has 0 atom stereocenters. The molecule has 1 aromatic rings. The summed E-state index contributed by atoms with van der Waals surface area (Å²) in [4.78, 5) is 14.2. The number of halogens is 2. The summed E-state index contributed by atoms with van der Waals surface area (Å²) < 4.78 is 4.54. The number of nitrogens with two attached hydrogens (primary N) is 1. The number of hydrogen-bond donors (Lipinski definition) is 1. The first-order valence-corrected chi connectivity index (χ1v) is 4.57. The molecule has 2 N–H and O–H groups in total. The van der Waals surface area contributed by atoms with Crippen LogP contribution in [0.1, 0.15) is 5.69 Å². The maximum Gasteiger partial charge on any atom is 0.404 e. The smallest absolute Gasteiger partial charge is 0.404 e. The molecule has 0 aromatic carbocycles. The molecule has 0 aliphatic heterocycles. The van der Waals surface area contributed by atoms with Crippen LogP contribution in [0.5, 0.6) is 0 Å². The molecule has 0 saturated carbocycles. The number of ether oxygens (including phenoxy) is 1. The molecule has 1 amide bonds. The third kappa shape index (κ3) is 3.40. The zero-order chi connectivity index (χ0) is 10.6. The molecule has 0 bridgehead atoms. The van der Waals surface area contributed by atoms with Crippen LogP contribution < -0.4 is 5.73 Å². The van der Waals surface area contributed by atoms with E-state index in [1.807, 2.05) is 0 Å². The molecular weight excluding hydrogens is 227 g/mol. The van der Waals surface area contributed by atoms with Crippen molar-refractivity contribution in [1.29, 1.82) is 0 Å². The summed E-state index contributed by atoms with van der Waals surface area (Å²) in [5, 5.41) is 0.917. The van der Waals surface area contributed by atoms with Gasteiger partial charge in [-0.3, -0.25) is 4.98 Å². The number of aromatic nitrogens is 1. The second kappa shape index (κ2) is 5.02. The zero-order valence-corrected chi connectivity index (χ0v) is 8.68. The number of hydrogen-bond acceptors (Lipinski definition) is 3. The van der Waals surface area contributed by atoms with E-state index >= 15 is 0 Å². The molecule has 0 aliphatic carbocycles. The van der Waals surface area contributed by atoms with Crippen molar-refractivity contribution >= 4 is 29.3 Å². The van der Waals surface area contributed by atoms with E-state index in [1.165, 1.54) is 6.20 Å². The Balaban J connectivity index is 2.55. The fraction of sp³-hybridized carbons (Fsp3) is 0.250. The van der Waals surface area contributed by atoms with Crippen molar-refractivity contribution in [2.45, 2.75) is 6.42 Å². The van der Waals surface area contributed by atoms with Crippen molar-refractivity contribution in [3.8, 4) is 0 Å². The highest BCUT2D eigenvalue weighted by molar-refractivity contribution is 6.34. The van der Waals surface area contributed by atoms with Crippen molar-refractivity contribution in [2.75, 3.05) is 6.61 Å². The molecule has 1 aromatic heterocycles. The second-order valence-corrected chi connectivity index (χ2v) is 3.34. The van der Waals surface area contributed by atoms with E-state index in [0.717, 1.165) is 0 Å². The van der Waals surface area contributed by atoms with Crippen LogP contribution in [0.2, 0.25) is 10.0 Å². The Labute approximate surface area is 91.0 Å². The predicted octanol–water partition coefficient (Wildman–Crippen LogP) is 2.03. The van der Waals surface area contributed by atoms with Crippen LogP contribution in [0.4, 0.5) is 4.79 Å². The van der Waals surface area contributed by atoms with Gasteiger partial charge in [0.05, 0.1) is 22.3 Å². The van der Waals surface area contributed by atoms with E-state index in [4.69, 9.17) is 28.9 Å². The molecule has 1 rings (SSSR count). The van der Waals surface area contributed by atoms with Crippen LogP contribution in [0.25, 0.3) is 0 Å². The Morgan fingerprint density at radius 2 is 2.29 bits per heavy atom. The van der Waals surface area contributed by atoms with Gasteiger partial charge in [0, 0.05) is 12.6 Å². The van der Waals surface area contributed by atoms with Gasteiger partial charge in [-0.25, -0.2) is 4.79 Å². The maximum absolute atomic E-state index is 10.3. The second-order valence-electron chi connectivity index (χ2n) is 2.50. The summed E-state index contributed by atoms with van der Waals surface area (Å²) >= 11 is 11.5. The number of carbonyl (C=O) groups excluding carboxylic acids is 1. The summed E-state index contributed by atoms with van der Waals surface area (Å²) in [5.41, 5.74) is 5.41. The van der Waals surface area contributed by atoms with Crippen molar-refractivity contribution in [2.24, 2.45) is 5.73 Å². The first-order chi connectivity index (χ1) is 6.59. The Hall–Kier alpha value is -1.000. The number of carbonyl (C=O) groups is 1. The molecule has 0 saturated heterocycles. The number of pyridine rings is 1. The highest BCUT2D eigenvalue weighted by atomic mass is 35.5.